The van der Waals surface area contributed by atoms with E-state index in [1.165, 1.54) is 48.2 Å². The third kappa shape index (κ3) is 4.28. The van der Waals surface area contributed by atoms with Crippen molar-refractivity contribution in [3.8, 4) is 5.75 Å². The third-order valence-corrected chi connectivity index (χ3v) is 3.29. The number of carbonyl (C=O) groups is 2. The summed E-state index contributed by atoms with van der Waals surface area (Å²) >= 11 is 0. The molecule has 0 aliphatic heterocycles. The minimum atomic E-state index is -0.675. The Morgan fingerprint density at radius 3 is 2.42 bits per heavy atom. The standard InChI is InChI=1S/C17H18N2O5/c1-3-4-11-19-15(20)10-9-14(18-19)17(22)24-13-7-5-12(6-8-13)16(21)23-2/h5-10H,3-4,11H2,1-2H3. The second-order valence-corrected chi connectivity index (χ2v) is 5.04. The van der Waals surface area contributed by atoms with Gasteiger partial charge in [0.15, 0.2) is 5.69 Å². The summed E-state index contributed by atoms with van der Waals surface area (Å²) in [5.41, 5.74) is 0.133. The van der Waals surface area contributed by atoms with Crippen LogP contribution in [0.1, 0.15) is 40.6 Å². The van der Waals surface area contributed by atoms with Crippen molar-refractivity contribution in [2.24, 2.45) is 0 Å². The summed E-state index contributed by atoms with van der Waals surface area (Å²) in [5.74, 6) is -0.885. The van der Waals surface area contributed by atoms with Crippen molar-refractivity contribution in [3.05, 3.63) is 58.0 Å². The number of aryl methyl sites for hydroxylation is 1. The first-order chi connectivity index (χ1) is 11.5. The number of nitrogens with zero attached hydrogens (tertiary/aromatic N) is 2. The zero-order valence-corrected chi connectivity index (χ0v) is 13.5. The summed E-state index contributed by atoms with van der Waals surface area (Å²) in [6.45, 7) is 2.45. The van der Waals surface area contributed by atoms with Gasteiger partial charge in [0.2, 0.25) is 0 Å². The highest BCUT2D eigenvalue weighted by Crippen LogP contribution is 2.14. The molecule has 0 fully saturated rings. The molecular weight excluding hydrogens is 312 g/mol. The van der Waals surface area contributed by atoms with E-state index in [2.05, 4.69) is 9.84 Å². The Balaban J connectivity index is 2.12. The van der Waals surface area contributed by atoms with Gasteiger partial charge >= 0.3 is 11.9 Å². The van der Waals surface area contributed by atoms with E-state index in [4.69, 9.17) is 4.74 Å². The number of benzene rings is 1. The van der Waals surface area contributed by atoms with Gasteiger partial charge in [-0.2, -0.15) is 5.10 Å². The van der Waals surface area contributed by atoms with Crippen molar-refractivity contribution < 1.29 is 19.1 Å². The van der Waals surface area contributed by atoms with E-state index in [1.807, 2.05) is 6.92 Å². The minimum absolute atomic E-state index is 0.0442. The number of methoxy groups -OCH3 is 1. The van der Waals surface area contributed by atoms with E-state index < -0.39 is 11.9 Å². The van der Waals surface area contributed by atoms with Crippen LogP contribution in [0.4, 0.5) is 0 Å². The number of carbonyl (C=O) groups excluding carboxylic acids is 2. The first-order valence-electron chi connectivity index (χ1n) is 7.54. The summed E-state index contributed by atoms with van der Waals surface area (Å²) in [6, 6.07) is 8.57. The Kier molecular flexibility index (Phi) is 5.83. The zero-order valence-electron chi connectivity index (χ0n) is 13.5. The van der Waals surface area contributed by atoms with Crippen LogP contribution in [0.2, 0.25) is 0 Å². The Morgan fingerprint density at radius 2 is 1.79 bits per heavy atom. The van der Waals surface area contributed by atoms with Crippen LogP contribution in [0.5, 0.6) is 5.75 Å². The molecule has 0 atom stereocenters. The van der Waals surface area contributed by atoms with Crippen molar-refractivity contribution in [3.63, 3.8) is 0 Å². The quantitative estimate of drug-likeness (QED) is 0.595. The van der Waals surface area contributed by atoms with Gasteiger partial charge < -0.3 is 9.47 Å². The molecule has 0 amide bonds. The molecule has 1 aromatic heterocycles. The summed E-state index contributed by atoms with van der Waals surface area (Å²) < 4.78 is 11.0. The maximum atomic E-state index is 12.1. The van der Waals surface area contributed by atoms with Gasteiger partial charge in [-0.1, -0.05) is 13.3 Å². The highest BCUT2D eigenvalue weighted by molar-refractivity contribution is 5.90. The van der Waals surface area contributed by atoms with Crippen LogP contribution in [0.15, 0.2) is 41.2 Å². The molecule has 0 saturated heterocycles. The molecule has 2 aromatic rings. The molecule has 126 valence electrons. The highest BCUT2D eigenvalue weighted by Gasteiger charge is 2.13. The molecule has 1 heterocycles. The topological polar surface area (TPSA) is 87.5 Å². The fourth-order valence-corrected chi connectivity index (χ4v) is 1.96. The number of ether oxygens (including phenoxy) is 2. The zero-order chi connectivity index (χ0) is 17.5. The maximum Gasteiger partial charge on any atom is 0.364 e. The fraction of sp³-hybridized carbons (Fsp3) is 0.294. The molecule has 0 N–H and O–H groups in total. The molecule has 1 aromatic carbocycles. The van der Waals surface area contributed by atoms with Crippen molar-refractivity contribution in [2.75, 3.05) is 7.11 Å². The third-order valence-electron chi connectivity index (χ3n) is 3.29. The largest absolute Gasteiger partial charge is 0.465 e. The first-order valence-corrected chi connectivity index (χ1v) is 7.54. The van der Waals surface area contributed by atoms with Gasteiger partial charge in [-0.25, -0.2) is 14.3 Å². The molecule has 0 radical (unpaired) electrons. The molecule has 0 aliphatic rings. The van der Waals surface area contributed by atoms with E-state index in [0.29, 0.717) is 12.1 Å². The van der Waals surface area contributed by atoms with Crippen LogP contribution in [0, 0.1) is 0 Å². The van der Waals surface area contributed by atoms with Gasteiger partial charge in [-0.15, -0.1) is 0 Å². The number of esters is 2. The number of hydrogen-bond donors (Lipinski definition) is 0. The fourth-order valence-electron chi connectivity index (χ4n) is 1.96. The lowest BCUT2D eigenvalue weighted by Crippen LogP contribution is -2.25. The SMILES string of the molecule is CCCCn1nc(C(=O)Oc2ccc(C(=O)OC)cc2)ccc1=O. The van der Waals surface area contributed by atoms with E-state index in [0.717, 1.165) is 12.8 Å². The van der Waals surface area contributed by atoms with Crippen LogP contribution in [-0.2, 0) is 11.3 Å². The van der Waals surface area contributed by atoms with Crippen molar-refractivity contribution >= 4 is 11.9 Å². The van der Waals surface area contributed by atoms with E-state index >= 15 is 0 Å². The molecule has 0 saturated carbocycles. The molecular formula is C17H18N2O5. The lowest BCUT2D eigenvalue weighted by Gasteiger charge is -2.07. The summed E-state index contributed by atoms with van der Waals surface area (Å²) in [5, 5.41) is 4.02. The Hall–Kier alpha value is -2.96. The lowest BCUT2D eigenvalue weighted by molar-refractivity contribution is 0.0600. The maximum absolute atomic E-state index is 12.1. The van der Waals surface area contributed by atoms with Crippen LogP contribution in [0.3, 0.4) is 0 Å². The van der Waals surface area contributed by atoms with Gasteiger partial charge in [-0.3, -0.25) is 4.79 Å². The van der Waals surface area contributed by atoms with Gasteiger partial charge in [0.05, 0.1) is 12.7 Å². The van der Waals surface area contributed by atoms with E-state index in [9.17, 15) is 14.4 Å². The predicted octanol–water partition coefficient (Wildman–Crippen LogP) is 2.05. The summed E-state index contributed by atoms with van der Waals surface area (Å²) in [6.07, 6.45) is 1.70. The van der Waals surface area contributed by atoms with Crippen LogP contribution in [-0.4, -0.2) is 28.8 Å². The van der Waals surface area contributed by atoms with Crippen molar-refractivity contribution in [1.29, 1.82) is 0 Å². The summed E-state index contributed by atoms with van der Waals surface area (Å²) in [7, 11) is 1.29. The van der Waals surface area contributed by atoms with Gasteiger partial charge in [0.25, 0.3) is 5.56 Å². The van der Waals surface area contributed by atoms with Crippen molar-refractivity contribution in [2.45, 2.75) is 26.3 Å². The van der Waals surface area contributed by atoms with Crippen LogP contribution in [0.25, 0.3) is 0 Å². The second kappa shape index (κ2) is 8.05. The van der Waals surface area contributed by atoms with Gasteiger partial charge in [0, 0.05) is 12.6 Å². The molecule has 0 aliphatic carbocycles. The minimum Gasteiger partial charge on any atom is -0.465 e. The molecule has 0 unspecified atom stereocenters. The van der Waals surface area contributed by atoms with E-state index in [-0.39, 0.29) is 17.0 Å². The Labute approximate surface area is 138 Å². The molecule has 0 spiro atoms. The van der Waals surface area contributed by atoms with E-state index in [1.54, 1.807) is 0 Å². The first kappa shape index (κ1) is 17.4. The normalized spacial score (nSPS) is 10.2. The number of aromatic nitrogens is 2. The number of unbranched alkanes of at least 4 members (excludes halogenated alkanes) is 1. The highest BCUT2D eigenvalue weighted by atomic mass is 16.5. The number of hydrogen-bond acceptors (Lipinski definition) is 6. The molecule has 0 bridgehead atoms. The monoisotopic (exact) mass is 330 g/mol. The number of rotatable bonds is 6. The lowest BCUT2D eigenvalue weighted by atomic mass is 10.2. The Morgan fingerprint density at radius 1 is 1.08 bits per heavy atom. The average Bonchev–Trinajstić information content (AvgIpc) is 2.61. The summed E-state index contributed by atoms with van der Waals surface area (Å²) in [4.78, 5) is 35.2. The second-order valence-electron chi connectivity index (χ2n) is 5.04. The van der Waals surface area contributed by atoms with Crippen LogP contribution >= 0.6 is 0 Å². The smallest absolute Gasteiger partial charge is 0.364 e. The van der Waals surface area contributed by atoms with Gasteiger partial charge in [-0.05, 0) is 36.8 Å². The van der Waals surface area contributed by atoms with Gasteiger partial charge in [0.1, 0.15) is 5.75 Å². The van der Waals surface area contributed by atoms with Crippen molar-refractivity contribution in [1.82, 2.24) is 9.78 Å². The van der Waals surface area contributed by atoms with Crippen LogP contribution < -0.4 is 10.3 Å². The molecule has 7 heteroatoms. The Bertz CT molecular complexity index is 780. The molecule has 2 rings (SSSR count). The molecule has 24 heavy (non-hydrogen) atoms. The average molecular weight is 330 g/mol. The molecule has 7 nitrogen and oxygen atoms in total. The predicted molar refractivity (Wildman–Crippen MR) is 86.1 cm³/mol.